The Morgan fingerprint density at radius 1 is 1.33 bits per heavy atom. The maximum absolute atomic E-state index is 12.6. The Morgan fingerprint density at radius 3 is 2.33 bits per heavy atom. The first-order chi connectivity index (χ1) is 9.62. The lowest BCUT2D eigenvalue weighted by Gasteiger charge is -2.25. The summed E-state index contributed by atoms with van der Waals surface area (Å²) in [6, 6.07) is 1.74. The minimum Gasteiger partial charge on any atom is -0.478 e. The number of carboxylic acids is 1. The molecule has 21 heavy (non-hydrogen) atoms. The van der Waals surface area contributed by atoms with E-state index in [9.17, 15) is 13.2 Å². The molecule has 1 rings (SSSR count). The maximum atomic E-state index is 12.6. The quantitative estimate of drug-likeness (QED) is 0.814. The molecule has 0 saturated carbocycles. The van der Waals surface area contributed by atoms with Gasteiger partial charge in [-0.1, -0.05) is 23.2 Å². The molecule has 1 aromatic carbocycles. The van der Waals surface area contributed by atoms with Crippen molar-refractivity contribution in [3.8, 4) is 0 Å². The van der Waals surface area contributed by atoms with Crippen molar-refractivity contribution in [2.75, 3.05) is 13.2 Å². The molecule has 6 nitrogen and oxygen atoms in total. The monoisotopic (exact) mass is 355 g/mol. The van der Waals surface area contributed by atoms with Gasteiger partial charge in [-0.05, 0) is 26.0 Å². The van der Waals surface area contributed by atoms with Gasteiger partial charge >= 0.3 is 5.97 Å². The zero-order chi connectivity index (χ0) is 16.4. The topological polar surface area (TPSA) is 94.9 Å². The molecule has 0 aliphatic carbocycles. The van der Waals surface area contributed by atoms with Gasteiger partial charge in [0, 0.05) is 17.6 Å². The van der Waals surface area contributed by atoms with Gasteiger partial charge in [0.25, 0.3) is 0 Å². The van der Waals surface area contributed by atoms with Gasteiger partial charge in [0.2, 0.25) is 10.0 Å². The average molecular weight is 356 g/mol. The highest BCUT2D eigenvalue weighted by Gasteiger charge is 2.31. The van der Waals surface area contributed by atoms with Crippen LogP contribution in [0.25, 0.3) is 0 Å². The van der Waals surface area contributed by atoms with Crippen LogP contribution < -0.4 is 0 Å². The maximum Gasteiger partial charge on any atom is 0.337 e. The minimum atomic E-state index is -4.08. The Labute approximate surface area is 132 Å². The fourth-order valence-corrected chi connectivity index (χ4v) is 4.30. The van der Waals surface area contributed by atoms with Crippen LogP contribution in [0.5, 0.6) is 0 Å². The van der Waals surface area contributed by atoms with Crippen molar-refractivity contribution >= 4 is 39.2 Å². The average Bonchev–Trinajstić information content (AvgIpc) is 2.37. The van der Waals surface area contributed by atoms with Crippen LogP contribution >= 0.6 is 23.2 Å². The normalized spacial score (nSPS) is 12.1. The number of sulfonamides is 1. The highest BCUT2D eigenvalue weighted by Crippen LogP contribution is 2.32. The lowest BCUT2D eigenvalue weighted by atomic mass is 10.2. The zero-order valence-corrected chi connectivity index (χ0v) is 13.7. The molecule has 0 spiro atoms. The number of carboxylic acid groups (broad SMARTS) is 1. The Morgan fingerprint density at radius 2 is 1.90 bits per heavy atom. The molecule has 0 saturated heterocycles. The van der Waals surface area contributed by atoms with Gasteiger partial charge in [-0.15, -0.1) is 0 Å². The first kappa shape index (κ1) is 18.2. The fourth-order valence-electron chi connectivity index (χ4n) is 1.79. The van der Waals surface area contributed by atoms with Crippen LogP contribution in [0.3, 0.4) is 0 Å². The van der Waals surface area contributed by atoms with E-state index in [1.54, 1.807) is 13.8 Å². The molecular weight excluding hydrogens is 341 g/mol. The highest BCUT2D eigenvalue weighted by atomic mass is 35.5. The lowest BCUT2D eigenvalue weighted by Crippen LogP contribution is -2.39. The van der Waals surface area contributed by atoms with Gasteiger partial charge in [-0.25, -0.2) is 13.2 Å². The molecular formula is C12H15Cl2NO5S. The number of hydrogen-bond donors (Lipinski definition) is 2. The van der Waals surface area contributed by atoms with E-state index < -0.39 is 37.5 Å². The SMILES string of the molecule is CC(C)N(CCO)S(=O)(=O)c1cc(Cl)cc(C(=O)O)c1Cl. The Bertz CT molecular complexity index is 645. The summed E-state index contributed by atoms with van der Waals surface area (Å²) in [7, 11) is -4.08. The predicted octanol–water partition coefficient (Wildman–Crippen LogP) is 2.08. The van der Waals surface area contributed by atoms with Crippen LogP contribution in [0.4, 0.5) is 0 Å². The summed E-state index contributed by atoms with van der Waals surface area (Å²) in [5.74, 6) is -1.38. The summed E-state index contributed by atoms with van der Waals surface area (Å²) in [5.41, 5.74) is -0.393. The van der Waals surface area contributed by atoms with Crippen LogP contribution in [0.1, 0.15) is 24.2 Å². The van der Waals surface area contributed by atoms with Crippen molar-refractivity contribution in [1.82, 2.24) is 4.31 Å². The summed E-state index contributed by atoms with van der Waals surface area (Å²) in [4.78, 5) is 10.7. The molecule has 0 fully saturated rings. The molecule has 118 valence electrons. The zero-order valence-electron chi connectivity index (χ0n) is 11.4. The van der Waals surface area contributed by atoms with Crippen LogP contribution in [0.15, 0.2) is 17.0 Å². The van der Waals surface area contributed by atoms with E-state index in [1.807, 2.05) is 0 Å². The molecule has 0 radical (unpaired) electrons. The summed E-state index contributed by atoms with van der Waals surface area (Å²) < 4.78 is 26.2. The summed E-state index contributed by atoms with van der Waals surface area (Å²) in [6.07, 6.45) is 0. The second kappa shape index (κ2) is 6.93. The minimum absolute atomic E-state index is 0.0527. The summed E-state index contributed by atoms with van der Waals surface area (Å²) in [5, 5.41) is 17.6. The van der Waals surface area contributed by atoms with Crippen molar-refractivity contribution in [2.24, 2.45) is 0 Å². The van der Waals surface area contributed by atoms with E-state index in [1.165, 1.54) is 0 Å². The number of aliphatic hydroxyl groups is 1. The van der Waals surface area contributed by atoms with Crippen LogP contribution in [-0.4, -0.2) is 48.1 Å². The van der Waals surface area contributed by atoms with Gasteiger partial charge in [0.15, 0.2) is 0 Å². The summed E-state index contributed by atoms with van der Waals surface area (Å²) in [6.45, 7) is 2.75. The van der Waals surface area contributed by atoms with Crippen molar-refractivity contribution in [3.63, 3.8) is 0 Å². The van der Waals surface area contributed by atoms with Gasteiger partial charge in [-0.2, -0.15) is 4.31 Å². The van der Waals surface area contributed by atoms with E-state index in [2.05, 4.69) is 0 Å². The van der Waals surface area contributed by atoms with E-state index in [0.717, 1.165) is 16.4 Å². The molecule has 0 bridgehead atoms. The van der Waals surface area contributed by atoms with Crippen molar-refractivity contribution in [3.05, 3.63) is 27.7 Å². The third-order valence-corrected chi connectivity index (χ3v) is 5.55. The first-order valence-electron chi connectivity index (χ1n) is 5.98. The predicted molar refractivity (Wildman–Crippen MR) is 79.5 cm³/mol. The first-order valence-corrected chi connectivity index (χ1v) is 8.17. The van der Waals surface area contributed by atoms with Crippen molar-refractivity contribution in [2.45, 2.75) is 24.8 Å². The van der Waals surface area contributed by atoms with Crippen LogP contribution in [0.2, 0.25) is 10.0 Å². The summed E-state index contributed by atoms with van der Waals surface area (Å²) >= 11 is 11.7. The largest absolute Gasteiger partial charge is 0.478 e. The molecule has 0 unspecified atom stereocenters. The smallest absolute Gasteiger partial charge is 0.337 e. The molecule has 0 amide bonds. The standard InChI is InChI=1S/C12H15Cl2NO5S/c1-7(2)15(3-4-16)21(19,20)10-6-8(13)5-9(11(10)14)12(17)18/h5-7,16H,3-4H2,1-2H3,(H,17,18). The van der Waals surface area contributed by atoms with E-state index in [4.69, 9.17) is 33.4 Å². The highest BCUT2D eigenvalue weighted by molar-refractivity contribution is 7.89. The van der Waals surface area contributed by atoms with Crippen LogP contribution in [0, 0.1) is 0 Å². The van der Waals surface area contributed by atoms with E-state index in [0.29, 0.717) is 0 Å². The molecule has 9 heteroatoms. The number of rotatable bonds is 6. The second-order valence-electron chi connectivity index (χ2n) is 4.50. The number of aliphatic hydroxyl groups excluding tert-OH is 1. The molecule has 1 aromatic rings. The number of benzene rings is 1. The van der Waals surface area contributed by atoms with Gasteiger partial charge in [0.05, 0.1) is 17.2 Å². The number of carbonyl (C=O) groups is 1. The second-order valence-corrected chi connectivity index (χ2v) is 7.18. The Hall–Kier alpha value is -0.860. The molecule has 0 aliphatic rings. The fraction of sp³-hybridized carbons (Fsp3) is 0.417. The van der Waals surface area contributed by atoms with Crippen molar-refractivity contribution < 1.29 is 23.4 Å². The molecule has 0 aromatic heterocycles. The van der Waals surface area contributed by atoms with Crippen LogP contribution in [-0.2, 0) is 10.0 Å². The number of hydrogen-bond acceptors (Lipinski definition) is 4. The van der Waals surface area contributed by atoms with E-state index in [-0.39, 0.29) is 18.2 Å². The molecule has 2 N–H and O–H groups in total. The third kappa shape index (κ3) is 3.87. The number of halogens is 2. The van der Waals surface area contributed by atoms with Gasteiger partial charge in [-0.3, -0.25) is 0 Å². The Balaban J connectivity index is 3.54. The molecule has 0 aliphatic heterocycles. The van der Waals surface area contributed by atoms with Crippen molar-refractivity contribution in [1.29, 1.82) is 0 Å². The molecule has 0 heterocycles. The number of nitrogens with zero attached hydrogens (tertiary/aromatic N) is 1. The van der Waals surface area contributed by atoms with Gasteiger partial charge < -0.3 is 10.2 Å². The Kier molecular flexibility index (Phi) is 6.01. The molecule has 0 atom stereocenters. The number of aromatic carboxylic acids is 1. The van der Waals surface area contributed by atoms with E-state index >= 15 is 0 Å². The third-order valence-electron chi connectivity index (χ3n) is 2.72. The lowest BCUT2D eigenvalue weighted by molar-refractivity contribution is 0.0697. The van der Waals surface area contributed by atoms with Gasteiger partial charge in [0.1, 0.15) is 4.90 Å².